The summed E-state index contributed by atoms with van der Waals surface area (Å²) in [6, 6.07) is 0. The molecule has 0 amide bonds. The van der Waals surface area contributed by atoms with Crippen LogP contribution in [0.2, 0.25) is 0 Å². The van der Waals surface area contributed by atoms with Gasteiger partial charge in [-0.15, -0.1) is 0 Å². The Balaban J connectivity index is 0. The van der Waals surface area contributed by atoms with E-state index in [-0.39, 0.29) is 36.0 Å². The predicted molar refractivity (Wildman–Crippen MR) is 67.5 cm³/mol. The third kappa shape index (κ3) is 16.4. The molecule has 0 fully saturated rings. The SMILES string of the molecule is CCCCCCCCCCC(O)CCC(=O)[O-].[Na+]. The first-order chi connectivity index (χ1) is 8.16. The first-order valence-electron chi connectivity index (χ1n) is 7.04. The second-order valence-corrected chi connectivity index (χ2v) is 4.83. The maximum absolute atomic E-state index is 10.2. The summed E-state index contributed by atoms with van der Waals surface area (Å²) in [5.41, 5.74) is 0. The molecule has 0 aromatic rings. The van der Waals surface area contributed by atoms with Gasteiger partial charge >= 0.3 is 29.6 Å². The normalized spacial score (nSPS) is 11.9. The van der Waals surface area contributed by atoms with Crippen molar-refractivity contribution in [1.29, 1.82) is 0 Å². The van der Waals surface area contributed by atoms with Crippen LogP contribution in [0.3, 0.4) is 0 Å². The molecule has 1 N–H and O–H groups in total. The summed E-state index contributed by atoms with van der Waals surface area (Å²) in [7, 11) is 0. The molecule has 0 aliphatic carbocycles. The van der Waals surface area contributed by atoms with Gasteiger partial charge in [0.1, 0.15) is 0 Å². The molecule has 102 valence electrons. The largest absolute Gasteiger partial charge is 1.00 e. The number of hydrogen-bond donors (Lipinski definition) is 1. The number of aliphatic carboxylic acids is 1. The molecule has 3 nitrogen and oxygen atoms in total. The Morgan fingerprint density at radius 1 is 1.00 bits per heavy atom. The summed E-state index contributed by atoms with van der Waals surface area (Å²) in [5, 5.41) is 19.7. The number of carboxylic acids is 1. The van der Waals surface area contributed by atoms with Crippen molar-refractivity contribution in [3.63, 3.8) is 0 Å². The van der Waals surface area contributed by atoms with Crippen molar-refractivity contribution in [2.24, 2.45) is 0 Å². The molecule has 0 aromatic heterocycles. The fourth-order valence-corrected chi connectivity index (χ4v) is 1.94. The first-order valence-corrected chi connectivity index (χ1v) is 7.04. The Labute approximate surface area is 134 Å². The summed E-state index contributed by atoms with van der Waals surface area (Å²) in [4.78, 5) is 10.2. The van der Waals surface area contributed by atoms with Gasteiger partial charge in [0.25, 0.3) is 0 Å². The number of aliphatic hydroxyl groups excluding tert-OH is 1. The van der Waals surface area contributed by atoms with Crippen molar-refractivity contribution in [1.82, 2.24) is 0 Å². The summed E-state index contributed by atoms with van der Waals surface area (Å²) >= 11 is 0. The summed E-state index contributed by atoms with van der Waals surface area (Å²) in [6.07, 6.45) is 10.5. The second kappa shape index (κ2) is 15.5. The van der Waals surface area contributed by atoms with Crippen LogP contribution in [0.1, 0.15) is 77.6 Å². The monoisotopic (exact) mass is 266 g/mol. The van der Waals surface area contributed by atoms with E-state index < -0.39 is 12.1 Å². The van der Waals surface area contributed by atoms with E-state index in [0.29, 0.717) is 6.42 Å². The average Bonchev–Trinajstić information content (AvgIpc) is 2.30. The van der Waals surface area contributed by atoms with E-state index in [4.69, 9.17) is 0 Å². The van der Waals surface area contributed by atoms with E-state index >= 15 is 0 Å². The molecule has 0 heterocycles. The standard InChI is InChI=1S/C14H28O3.Na/c1-2-3-4-5-6-7-8-9-10-13(15)11-12-14(16)17;/h13,15H,2-12H2,1H3,(H,16,17);/q;+1/p-1. The van der Waals surface area contributed by atoms with Crippen molar-refractivity contribution < 1.29 is 44.6 Å². The predicted octanol–water partition coefficient (Wildman–Crippen LogP) is -0.588. The maximum atomic E-state index is 10.2. The molecular weight excluding hydrogens is 239 g/mol. The third-order valence-electron chi connectivity index (χ3n) is 3.07. The molecule has 0 saturated carbocycles. The molecule has 0 radical (unpaired) electrons. The molecule has 1 unspecified atom stereocenters. The zero-order chi connectivity index (χ0) is 12.9. The zero-order valence-corrected chi connectivity index (χ0v) is 14.1. The van der Waals surface area contributed by atoms with E-state index in [1.165, 1.54) is 38.5 Å². The fourth-order valence-electron chi connectivity index (χ4n) is 1.94. The van der Waals surface area contributed by atoms with Gasteiger partial charge in [-0.05, 0) is 19.3 Å². The Morgan fingerprint density at radius 2 is 1.50 bits per heavy atom. The van der Waals surface area contributed by atoms with Gasteiger partial charge in [-0.3, -0.25) is 0 Å². The molecule has 0 aliphatic heterocycles. The van der Waals surface area contributed by atoms with Crippen LogP contribution in [-0.4, -0.2) is 17.2 Å². The Hall–Kier alpha value is 0.430. The van der Waals surface area contributed by atoms with Crippen LogP contribution in [-0.2, 0) is 4.79 Å². The molecule has 0 aliphatic rings. The number of carboxylic acid groups (broad SMARTS) is 1. The molecule has 0 saturated heterocycles. The van der Waals surface area contributed by atoms with Crippen LogP contribution in [0.15, 0.2) is 0 Å². The van der Waals surface area contributed by atoms with E-state index in [1.54, 1.807) is 0 Å². The van der Waals surface area contributed by atoms with Gasteiger partial charge in [-0.1, -0.05) is 58.3 Å². The molecule has 0 aromatic carbocycles. The summed E-state index contributed by atoms with van der Waals surface area (Å²) in [6.45, 7) is 2.22. The van der Waals surface area contributed by atoms with Crippen molar-refractivity contribution in [2.45, 2.75) is 83.7 Å². The molecule has 1 atom stereocenters. The molecule has 0 rings (SSSR count). The van der Waals surface area contributed by atoms with Gasteiger partial charge in [0, 0.05) is 5.97 Å². The first kappa shape index (κ1) is 20.7. The average molecular weight is 266 g/mol. The van der Waals surface area contributed by atoms with Gasteiger partial charge in [-0.25, -0.2) is 0 Å². The summed E-state index contributed by atoms with van der Waals surface area (Å²) in [5.74, 6) is -1.07. The van der Waals surface area contributed by atoms with Gasteiger partial charge in [0.2, 0.25) is 0 Å². The van der Waals surface area contributed by atoms with Crippen molar-refractivity contribution in [3.8, 4) is 0 Å². The van der Waals surface area contributed by atoms with Crippen LogP contribution in [0.25, 0.3) is 0 Å². The number of rotatable bonds is 12. The van der Waals surface area contributed by atoms with Gasteiger partial charge in [-0.2, -0.15) is 0 Å². The zero-order valence-electron chi connectivity index (χ0n) is 12.1. The van der Waals surface area contributed by atoms with Gasteiger partial charge in [0.05, 0.1) is 6.10 Å². The minimum absolute atomic E-state index is 0. The van der Waals surface area contributed by atoms with Crippen LogP contribution >= 0.6 is 0 Å². The van der Waals surface area contributed by atoms with E-state index in [1.807, 2.05) is 0 Å². The van der Waals surface area contributed by atoms with E-state index in [2.05, 4.69) is 6.92 Å². The second-order valence-electron chi connectivity index (χ2n) is 4.83. The van der Waals surface area contributed by atoms with Crippen LogP contribution in [0.5, 0.6) is 0 Å². The van der Waals surface area contributed by atoms with Crippen molar-refractivity contribution in [3.05, 3.63) is 0 Å². The maximum Gasteiger partial charge on any atom is 1.00 e. The molecule has 0 spiro atoms. The minimum Gasteiger partial charge on any atom is -0.550 e. The van der Waals surface area contributed by atoms with Crippen molar-refractivity contribution >= 4 is 5.97 Å². The van der Waals surface area contributed by atoms with Gasteiger partial charge in [0.15, 0.2) is 0 Å². The topological polar surface area (TPSA) is 60.4 Å². The van der Waals surface area contributed by atoms with Crippen molar-refractivity contribution in [2.75, 3.05) is 0 Å². The fraction of sp³-hybridized carbons (Fsp3) is 0.929. The third-order valence-corrected chi connectivity index (χ3v) is 3.07. The number of carbonyl (C=O) groups is 1. The number of hydrogen-bond acceptors (Lipinski definition) is 3. The smallest absolute Gasteiger partial charge is 0.550 e. The number of aliphatic hydroxyl groups is 1. The number of unbranched alkanes of at least 4 members (excludes halogenated alkanes) is 7. The quantitative estimate of drug-likeness (QED) is 0.379. The summed E-state index contributed by atoms with van der Waals surface area (Å²) < 4.78 is 0. The molecule has 0 bridgehead atoms. The molecule has 18 heavy (non-hydrogen) atoms. The number of carbonyl (C=O) groups excluding carboxylic acids is 1. The molecular formula is C14H27NaO3. The van der Waals surface area contributed by atoms with E-state index in [9.17, 15) is 15.0 Å². The molecule has 4 heteroatoms. The van der Waals surface area contributed by atoms with Crippen LogP contribution < -0.4 is 34.7 Å². The minimum atomic E-state index is -1.07. The Kier molecular flexibility index (Phi) is 17.8. The van der Waals surface area contributed by atoms with Crippen LogP contribution in [0.4, 0.5) is 0 Å². The van der Waals surface area contributed by atoms with Gasteiger partial charge < -0.3 is 15.0 Å². The Morgan fingerprint density at radius 3 is 2.00 bits per heavy atom. The Bertz CT molecular complexity index is 186. The van der Waals surface area contributed by atoms with E-state index in [0.717, 1.165) is 19.3 Å². The van der Waals surface area contributed by atoms with Crippen LogP contribution in [0, 0.1) is 0 Å².